The molecule has 4 rings (SSSR count). The van der Waals surface area contributed by atoms with E-state index in [0.717, 1.165) is 24.1 Å². The Morgan fingerprint density at radius 2 is 2.00 bits per heavy atom. The van der Waals surface area contributed by atoms with Gasteiger partial charge in [-0.15, -0.1) is 11.3 Å². The molecule has 0 radical (unpaired) electrons. The molecule has 5 nitrogen and oxygen atoms in total. The summed E-state index contributed by atoms with van der Waals surface area (Å²) in [5, 5.41) is 7.90. The molecule has 0 bridgehead atoms. The quantitative estimate of drug-likeness (QED) is 0.748. The summed E-state index contributed by atoms with van der Waals surface area (Å²) in [6.45, 7) is 5.99. The average molecular weight is 355 g/mol. The van der Waals surface area contributed by atoms with Gasteiger partial charge in [-0.2, -0.15) is 0 Å². The molecule has 6 heteroatoms. The predicted octanol–water partition coefficient (Wildman–Crippen LogP) is 4.55. The summed E-state index contributed by atoms with van der Waals surface area (Å²) in [6, 6.07) is 4.26. The highest BCUT2D eigenvalue weighted by molar-refractivity contribution is 7.12. The maximum absolute atomic E-state index is 12.9. The molecule has 3 aromatic heterocycles. The Labute approximate surface area is 150 Å². The van der Waals surface area contributed by atoms with E-state index in [9.17, 15) is 4.79 Å². The first-order chi connectivity index (χ1) is 12.0. The van der Waals surface area contributed by atoms with Crippen molar-refractivity contribution < 1.29 is 9.32 Å². The van der Waals surface area contributed by atoms with Gasteiger partial charge in [-0.05, 0) is 45.7 Å². The van der Waals surface area contributed by atoms with Crippen LogP contribution >= 0.6 is 11.3 Å². The molecule has 0 unspecified atom stereocenters. The fraction of sp³-hybridized carbons (Fsp3) is 0.421. The van der Waals surface area contributed by atoms with Gasteiger partial charge in [0, 0.05) is 21.4 Å². The summed E-state index contributed by atoms with van der Waals surface area (Å²) in [7, 11) is 0. The Morgan fingerprint density at radius 1 is 1.24 bits per heavy atom. The molecule has 1 aliphatic carbocycles. The molecule has 0 spiro atoms. The number of rotatable bonds is 3. The zero-order valence-corrected chi connectivity index (χ0v) is 15.5. The van der Waals surface area contributed by atoms with Crippen LogP contribution in [0.15, 0.2) is 16.7 Å². The van der Waals surface area contributed by atoms with E-state index in [1.165, 1.54) is 22.6 Å². The van der Waals surface area contributed by atoms with Crippen molar-refractivity contribution in [3.05, 3.63) is 33.1 Å². The summed E-state index contributed by atoms with van der Waals surface area (Å²) >= 11 is 1.73. The van der Waals surface area contributed by atoms with E-state index >= 15 is 0 Å². The van der Waals surface area contributed by atoms with Gasteiger partial charge in [-0.25, -0.2) is 4.98 Å². The zero-order chi connectivity index (χ0) is 17.6. The zero-order valence-electron chi connectivity index (χ0n) is 14.7. The summed E-state index contributed by atoms with van der Waals surface area (Å²) < 4.78 is 5.38. The monoisotopic (exact) mass is 355 g/mol. The number of hydrogen-bond acceptors (Lipinski definition) is 5. The summed E-state index contributed by atoms with van der Waals surface area (Å²) in [4.78, 5) is 20.0. The number of aromatic nitrogens is 2. The topological polar surface area (TPSA) is 68.0 Å². The minimum absolute atomic E-state index is 0.0588. The number of aryl methyl sites for hydroxylation is 3. The molecule has 25 heavy (non-hydrogen) atoms. The van der Waals surface area contributed by atoms with Gasteiger partial charge in [-0.3, -0.25) is 4.79 Å². The standard InChI is InChI=1S/C19H21N3O2S/c1-10-8-14(12(3)25-10)16-9-15(17-11(2)22-24-19(17)21-16)18(23)20-13-6-4-5-7-13/h8-9,13H,4-7H2,1-3H3,(H,20,23). The van der Waals surface area contributed by atoms with E-state index < -0.39 is 0 Å². The number of nitrogens with one attached hydrogen (secondary N) is 1. The number of carbonyl (C=O) groups excluding carboxylic acids is 1. The highest BCUT2D eigenvalue weighted by atomic mass is 32.1. The van der Waals surface area contributed by atoms with Crippen molar-refractivity contribution in [1.82, 2.24) is 15.5 Å². The van der Waals surface area contributed by atoms with E-state index in [0.29, 0.717) is 22.4 Å². The van der Waals surface area contributed by atoms with Gasteiger partial charge in [-0.1, -0.05) is 18.0 Å². The van der Waals surface area contributed by atoms with Crippen LogP contribution in [0.5, 0.6) is 0 Å². The number of hydrogen-bond donors (Lipinski definition) is 1. The first-order valence-electron chi connectivity index (χ1n) is 8.68. The number of fused-ring (bicyclic) bond motifs is 1. The molecule has 1 amide bonds. The number of carbonyl (C=O) groups is 1. The fourth-order valence-corrected chi connectivity index (χ4v) is 4.56. The minimum atomic E-state index is -0.0588. The second-order valence-corrected chi connectivity index (χ2v) is 8.25. The first kappa shape index (κ1) is 16.3. The molecule has 0 saturated heterocycles. The number of nitrogens with zero attached hydrogens (tertiary/aromatic N) is 2. The van der Waals surface area contributed by atoms with Crippen molar-refractivity contribution in [2.45, 2.75) is 52.5 Å². The third kappa shape index (κ3) is 2.95. The predicted molar refractivity (Wildman–Crippen MR) is 99.1 cm³/mol. The molecule has 1 N–H and O–H groups in total. The van der Waals surface area contributed by atoms with Crippen molar-refractivity contribution in [1.29, 1.82) is 0 Å². The van der Waals surface area contributed by atoms with Crippen molar-refractivity contribution in [2.75, 3.05) is 0 Å². The Bertz CT molecular complexity index is 951. The summed E-state index contributed by atoms with van der Waals surface area (Å²) in [6.07, 6.45) is 4.47. The second-order valence-electron chi connectivity index (χ2n) is 6.78. The Hall–Kier alpha value is -2.21. The second kappa shape index (κ2) is 6.26. The van der Waals surface area contributed by atoms with Gasteiger partial charge in [0.2, 0.25) is 0 Å². The van der Waals surface area contributed by atoms with Crippen LogP contribution in [-0.4, -0.2) is 22.1 Å². The van der Waals surface area contributed by atoms with Crippen LogP contribution in [0.2, 0.25) is 0 Å². The highest BCUT2D eigenvalue weighted by Crippen LogP contribution is 2.33. The van der Waals surface area contributed by atoms with Crippen LogP contribution in [0.25, 0.3) is 22.4 Å². The molecule has 1 saturated carbocycles. The SMILES string of the molecule is Cc1cc(-c2cc(C(=O)NC3CCCC3)c3c(C)noc3n2)c(C)s1. The van der Waals surface area contributed by atoms with E-state index in [2.05, 4.69) is 35.4 Å². The van der Waals surface area contributed by atoms with Gasteiger partial charge in [0.1, 0.15) is 0 Å². The highest BCUT2D eigenvalue weighted by Gasteiger charge is 2.23. The lowest BCUT2D eigenvalue weighted by Gasteiger charge is -2.13. The van der Waals surface area contributed by atoms with Crippen LogP contribution < -0.4 is 5.32 Å². The van der Waals surface area contributed by atoms with Crippen LogP contribution in [0, 0.1) is 20.8 Å². The third-order valence-corrected chi connectivity index (χ3v) is 5.83. The molecule has 130 valence electrons. The molecule has 3 heterocycles. The number of pyridine rings is 1. The lowest BCUT2D eigenvalue weighted by Crippen LogP contribution is -2.32. The third-order valence-electron chi connectivity index (χ3n) is 4.87. The van der Waals surface area contributed by atoms with Crippen molar-refractivity contribution in [2.24, 2.45) is 0 Å². The molecule has 0 aromatic carbocycles. The van der Waals surface area contributed by atoms with Crippen molar-refractivity contribution in [3.63, 3.8) is 0 Å². The Morgan fingerprint density at radius 3 is 2.68 bits per heavy atom. The Balaban J connectivity index is 1.82. The van der Waals surface area contributed by atoms with Crippen molar-refractivity contribution in [3.8, 4) is 11.3 Å². The molecular formula is C19H21N3O2S. The van der Waals surface area contributed by atoms with E-state index in [4.69, 9.17) is 4.52 Å². The van der Waals surface area contributed by atoms with E-state index in [-0.39, 0.29) is 11.9 Å². The normalized spacial score (nSPS) is 15.2. The molecule has 0 aliphatic heterocycles. The fourth-order valence-electron chi connectivity index (χ4n) is 3.63. The van der Waals surface area contributed by atoms with Gasteiger partial charge in [0.05, 0.1) is 22.3 Å². The molecule has 1 aliphatic rings. The van der Waals surface area contributed by atoms with Gasteiger partial charge in [0.15, 0.2) is 0 Å². The van der Waals surface area contributed by atoms with Gasteiger partial charge < -0.3 is 9.84 Å². The largest absolute Gasteiger partial charge is 0.349 e. The number of amides is 1. The van der Waals surface area contributed by atoms with E-state index in [1.54, 1.807) is 11.3 Å². The number of thiophene rings is 1. The lowest BCUT2D eigenvalue weighted by molar-refractivity contribution is 0.0939. The van der Waals surface area contributed by atoms with Crippen LogP contribution in [0.1, 0.15) is 51.5 Å². The van der Waals surface area contributed by atoms with Crippen molar-refractivity contribution >= 4 is 28.3 Å². The molecular weight excluding hydrogens is 334 g/mol. The van der Waals surface area contributed by atoms with E-state index in [1.807, 2.05) is 13.0 Å². The Kier molecular flexibility index (Phi) is 4.07. The molecule has 3 aromatic rings. The maximum Gasteiger partial charge on any atom is 0.259 e. The summed E-state index contributed by atoms with van der Waals surface area (Å²) in [5.41, 5.74) is 3.54. The van der Waals surface area contributed by atoms with Gasteiger partial charge in [0.25, 0.3) is 11.6 Å². The molecule has 0 atom stereocenters. The lowest BCUT2D eigenvalue weighted by atomic mass is 10.0. The van der Waals surface area contributed by atoms with Crippen LogP contribution in [0.3, 0.4) is 0 Å². The van der Waals surface area contributed by atoms with Crippen LogP contribution in [-0.2, 0) is 0 Å². The van der Waals surface area contributed by atoms with Gasteiger partial charge >= 0.3 is 0 Å². The average Bonchev–Trinajstić information content (AvgIpc) is 3.28. The summed E-state index contributed by atoms with van der Waals surface area (Å²) in [5.74, 6) is -0.0588. The minimum Gasteiger partial charge on any atom is -0.349 e. The molecule has 1 fully saturated rings. The maximum atomic E-state index is 12.9. The smallest absolute Gasteiger partial charge is 0.259 e. The van der Waals surface area contributed by atoms with Crippen LogP contribution in [0.4, 0.5) is 0 Å². The first-order valence-corrected chi connectivity index (χ1v) is 9.50.